The Hall–Kier alpha value is -2.71. The lowest BCUT2D eigenvalue weighted by molar-refractivity contribution is 0.0529. The molecule has 2 heterocycles. The van der Waals surface area contributed by atoms with Crippen molar-refractivity contribution in [2.45, 2.75) is 20.4 Å². The normalized spacial score (nSPS) is 10.5. The van der Waals surface area contributed by atoms with Gasteiger partial charge in [0.2, 0.25) is 0 Å². The van der Waals surface area contributed by atoms with Crippen LogP contribution in [0.2, 0.25) is 0 Å². The molecule has 0 aliphatic carbocycles. The van der Waals surface area contributed by atoms with E-state index < -0.39 is 0 Å². The van der Waals surface area contributed by atoms with Crippen molar-refractivity contribution in [3.8, 4) is 11.1 Å². The first kappa shape index (κ1) is 20.0. The van der Waals surface area contributed by atoms with Crippen LogP contribution in [-0.4, -0.2) is 27.5 Å². The highest BCUT2D eigenvalue weighted by molar-refractivity contribution is 7.80. The molecule has 2 N–H and O–H groups in total. The summed E-state index contributed by atoms with van der Waals surface area (Å²) in [6.45, 7) is 4.64. The maximum absolute atomic E-state index is 12.7. The molecule has 0 spiro atoms. The molecule has 3 aromatic rings. The summed E-state index contributed by atoms with van der Waals surface area (Å²) in [7, 11) is 1.88. The van der Waals surface area contributed by atoms with Gasteiger partial charge in [-0.1, -0.05) is 30.3 Å². The summed E-state index contributed by atoms with van der Waals surface area (Å²) in [6, 6.07) is 11.7. The summed E-state index contributed by atoms with van der Waals surface area (Å²) in [5, 5.41) is 11.6. The number of aromatic nitrogens is 2. The number of thiophene rings is 1. The summed E-state index contributed by atoms with van der Waals surface area (Å²) in [6.07, 6.45) is 1.74. The van der Waals surface area contributed by atoms with Crippen LogP contribution in [0.15, 0.2) is 42.6 Å². The van der Waals surface area contributed by atoms with Gasteiger partial charge in [0.25, 0.3) is 0 Å². The molecule has 0 unspecified atom stereocenters. The summed E-state index contributed by atoms with van der Waals surface area (Å²) < 4.78 is 7.09. The Morgan fingerprint density at radius 3 is 2.68 bits per heavy atom. The molecule has 2 aromatic heterocycles. The molecule has 0 saturated carbocycles. The fourth-order valence-electron chi connectivity index (χ4n) is 2.88. The lowest BCUT2D eigenvalue weighted by atomic mass is 10.0. The quantitative estimate of drug-likeness (QED) is 0.467. The maximum Gasteiger partial charge on any atom is 0.341 e. The molecule has 0 bridgehead atoms. The van der Waals surface area contributed by atoms with Crippen LogP contribution in [0.5, 0.6) is 0 Å². The van der Waals surface area contributed by atoms with Gasteiger partial charge in [-0.3, -0.25) is 4.68 Å². The second-order valence-electron chi connectivity index (χ2n) is 6.08. The predicted octanol–water partition coefficient (Wildman–Crippen LogP) is 4.12. The summed E-state index contributed by atoms with van der Waals surface area (Å²) >= 11 is 6.92. The van der Waals surface area contributed by atoms with E-state index in [2.05, 4.69) is 15.7 Å². The second kappa shape index (κ2) is 8.99. The van der Waals surface area contributed by atoms with Crippen molar-refractivity contribution in [2.24, 2.45) is 7.05 Å². The molecule has 0 aliphatic heterocycles. The van der Waals surface area contributed by atoms with Crippen molar-refractivity contribution >= 4 is 39.6 Å². The van der Waals surface area contributed by atoms with E-state index in [0.717, 1.165) is 21.7 Å². The highest BCUT2D eigenvalue weighted by Gasteiger charge is 2.24. The zero-order valence-corrected chi connectivity index (χ0v) is 17.6. The minimum absolute atomic E-state index is 0.310. The SMILES string of the molecule is CCOC(=O)c1c(NC(=S)NCc2ccnn2C)sc(C)c1-c1ccccc1. The van der Waals surface area contributed by atoms with E-state index in [-0.39, 0.29) is 5.97 Å². The lowest BCUT2D eigenvalue weighted by Crippen LogP contribution is -2.29. The van der Waals surface area contributed by atoms with Gasteiger partial charge in [-0.25, -0.2) is 4.79 Å². The Labute approximate surface area is 173 Å². The fourth-order valence-corrected chi connectivity index (χ4v) is 4.18. The number of ether oxygens (including phenoxy) is 1. The van der Waals surface area contributed by atoms with E-state index in [4.69, 9.17) is 17.0 Å². The first-order chi connectivity index (χ1) is 13.5. The number of aryl methyl sites for hydroxylation is 2. The van der Waals surface area contributed by atoms with Crippen molar-refractivity contribution in [3.63, 3.8) is 0 Å². The van der Waals surface area contributed by atoms with Crippen LogP contribution >= 0.6 is 23.6 Å². The van der Waals surface area contributed by atoms with Gasteiger partial charge >= 0.3 is 5.97 Å². The van der Waals surface area contributed by atoms with E-state index in [1.165, 1.54) is 11.3 Å². The average Bonchev–Trinajstić information content (AvgIpc) is 3.23. The number of anilines is 1. The summed E-state index contributed by atoms with van der Waals surface area (Å²) in [4.78, 5) is 13.7. The van der Waals surface area contributed by atoms with Crippen molar-refractivity contribution in [2.75, 3.05) is 11.9 Å². The van der Waals surface area contributed by atoms with Crippen LogP contribution in [-0.2, 0) is 18.3 Å². The van der Waals surface area contributed by atoms with Crippen LogP contribution in [0.25, 0.3) is 11.1 Å². The number of thiocarbonyl (C=S) groups is 1. The molecule has 28 heavy (non-hydrogen) atoms. The standard InChI is InChI=1S/C20H22N4O2S2/c1-4-26-19(25)17-16(14-8-6-5-7-9-14)13(2)28-18(17)23-20(27)21-12-15-10-11-22-24(15)3/h5-11H,4,12H2,1-3H3,(H2,21,23,27). The number of rotatable bonds is 6. The highest BCUT2D eigenvalue weighted by Crippen LogP contribution is 2.40. The zero-order chi connectivity index (χ0) is 20.1. The number of nitrogens with one attached hydrogen (secondary N) is 2. The van der Waals surface area contributed by atoms with Gasteiger partial charge in [0.1, 0.15) is 10.6 Å². The highest BCUT2D eigenvalue weighted by atomic mass is 32.1. The molecule has 8 heteroatoms. The van der Waals surface area contributed by atoms with Crippen LogP contribution in [0, 0.1) is 6.92 Å². The predicted molar refractivity (Wildman–Crippen MR) is 117 cm³/mol. The summed E-state index contributed by atoms with van der Waals surface area (Å²) in [5.74, 6) is -0.359. The third-order valence-corrected chi connectivity index (χ3v) is 5.47. The zero-order valence-electron chi connectivity index (χ0n) is 16.0. The smallest absolute Gasteiger partial charge is 0.341 e. The van der Waals surface area contributed by atoms with E-state index in [1.807, 2.05) is 50.4 Å². The molecule has 1 aromatic carbocycles. The van der Waals surface area contributed by atoms with Gasteiger partial charge < -0.3 is 15.4 Å². The van der Waals surface area contributed by atoms with E-state index in [1.54, 1.807) is 17.8 Å². The van der Waals surface area contributed by atoms with Crippen LogP contribution < -0.4 is 10.6 Å². The molecular formula is C20H22N4O2S2. The topological polar surface area (TPSA) is 68.2 Å². The molecule has 3 rings (SSSR count). The minimum atomic E-state index is -0.359. The van der Waals surface area contributed by atoms with Gasteiger partial charge in [-0.05, 0) is 37.7 Å². The average molecular weight is 415 g/mol. The number of carbonyl (C=O) groups excluding carboxylic acids is 1. The fraction of sp³-hybridized carbons (Fsp3) is 0.250. The Morgan fingerprint density at radius 2 is 2.04 bits per heavy atom. The van der Waals surface area contributed by atoms with Crippen LogP contribution in [0.4, 0.5) is 5.00 Å². The van der Waals surface area contributed by atoms with Crippen molar-refractivity contribution in [3.05, 3.63) is 58.7 Å². The molecular weight excluding hydrogens is 392 g/mol. The number of hydrogen-bond donors (Lipinski definition) is 2. The molecule has 0 amide bonds. The Balaban J connectivity index is 1.86. The molecule has 0 atom stereocenters. The maximum atomic E-state index is 12.7. The number of hydrogen-bond acceptors (Lipinski definition) is 5. The van der Waals surface area contributed by atoms with Gasteiger partial charge in [0.15, 0.2) is 5.11 Å². The van der Waals surface area contributed by atoms with Crippen molar-refractivity contribution in [1.29, 1.82) is 0 Å². The minimum Gasteiger partial charge on any atom is -0.462 e. The van der Waals surface area contributed by atoms with E-state index in [9.17, 15) is 4.79 Å². The third kappa shape index (κ3) is 4.40. The number of benzene rings is 1. The van der Waals surface area contributed by atoms with E-state index in [0.29, 0.717) is 28.8 Å². The lowest BCUT2D eigenvalue weighted by Gasteiger charge is -2.12. The number of carbonyl (C=O) groups is 1. The Kier molecular flexibility index (Phi) is 6.43. The van der Waals surface area contributed by atoms with Gasteiger partial charge in [-0.2, -0.15) is 5.10 Å². The first-order valence-electron chi connectivity index (χ1n) is 8.89. The molecule has 6 nitrogen and oxygen atoms in total. The number of esters is 1. The summed E-state index contributed by atoms with van der Waals surface area (Å²) in [5.41, 5.74) is 3.37. The molecule has 0 aliphatic rings. The Bertz CT molecular complexity index is 980. The third-order valence-electron chi connectivity index (χ3n) is 4.21. The van der Waals surface area contributed by atoms with Gasteiger partial charge in [-0.15, -0.1) is 11.3 Å². The van der Waals surface area contributed by atoms with Crippen LogP contribution in [0.1, 0.15) is 27.9 Å². The first-order valence-corrected chi connectivity index (χ1v) is 10.1. The van der Waals surface area contributed by atoms with Gasteiger partial charge in [0, 0.05) is 23.7 Å². The van der Waals surface area contributed by atoms with Crippen molar-refractivity contribution < 1.29 is 9.53 Å². The molecule has 0 saturated heterocycles. The van der Waals surface area contributed by atoms with Crippen LogP contribution in [0.3, 0.4) is 0 Å². The second-order valence-corrected chi connectivity index (χ2v) is 7.71. The van der Waals surface area contributed by atoms with Crippen molar-refractivity contribution in [1.82, 2.24) is 15.1 Å². The largest absolute Gasteiger partial charge is 0.462 e. The molecule has 0 fully saturated rings. The van der Waals surface area contributed by atoms with E-state index >= 15 is 0 Å². The van der Waals surface area contributed by atoms with Gasteiger partial charge in [0.05, 0.1) is 18.8 Å². The molecule has 146 valence electrons. The Morgan fingerprint density at radius 1 is 1.29 bits per heavy atom. The molecule has 0 radical (unpaired) electrons. The number of nitrogens with zero attached hydrogens (tertiary/aromatic N) is 2. The monoisotopic (exact) mass is 414 g/mol.